The van der Waals surface area contributed by atoms with Crippen LogP contribution in [0.1, 0.15) is 11.1 Å². The van der Waals surface area contributed by atoms with E-state index in [9.17, 15) is 18.0 Å². The summed E-state index contributed by atoms with van der Waals surface area (Å²) < 4.78 is 44.1. The summed E-state index contributed by atoms with van der Waals surface area (Å²) in [5.41, 5.74) is 1.01. The Hall–Kier alpha value is -3.41. The first-order valence-corrected chi connectivity index (χ1v) is 12.4. The maximum Gasteiger partial charge on any atom is 0.420 e. The highest BCUT2D eigenvalue weighted by atomic mass is 35.5. The van der Waals surface area contributed by atoms with Crippen molar-refractivity contribution in [1.82, 2.24) is 19.8 Å². The number of anilines is 3. The van der Waals surface area contributed by atoms with Crippen molar-refractivity contribution < 1.29 is 22.7 Å². The number of piperazine rings is 1. The van der Waals surface area contributed by atoms with E-state index in [4.69, 9.17) is 16.3 Å². The standard InChI is InChI=1S/C26H28ClF3N6O2/c1-34-13-15-36(16-14-34)12-10-18-3-6-20(7-4-18)32-24-31-11-9-23(33-24)35(2)25(37)38-22-17-19(26(28,29)30)5-8-21(22)27/h3-9,11,17H,10,12-16H2,1-2H3,(H,31,32,33). The highest BCUT2D eigenvalue weighted by Gasteiger charge is 2.31. The fraction of sp³-hybridized carbons (Fsp3) is 0.346. The van der Waals surface area contributed by atoms with E-state index in [1.807, 2.05) is 24.3 Å². The van der Waals surface area contributed by atoms with Crippen LogP contribution in [-0.2, 0) is 12.6 Å². The molecule has 0 unspecified atom stereocenters. The van der Waals surface area contributed by atoms with E-state index < -0.39 is 23.6 Å². The number of hydrogen-bond acceptors (Lipinski definition) is 7. The maximum absolute atomic E-state index is 13.0. The van der Waals surface area contributed by atoms with Crippen molar-refractivity contribution in [3.8, 4) is 5.75 Å². The molecule has 0 atom stereocenters. The molecular formula is C26H28ClF3N6O2. The summed E-state index contributed by atoms with van der Waals surface area (Å²) in [5.74, 6) is 0.0160. The van der Waals surface area contributed by atoms with Crippen molar-refractivity contribution in [3.63, 3.8) is 0 Å². The van der Waals surface area contributed by atoms with Crippen LogP contribution in [0.2, 0.25) is 5.02 Å². The summed E-state index contributed by atoms with van der Waals surface area (Å²) in [6, 6.07) is 11.9. The van der Waals surface area contributed by atoms with Gasteiger partial charge >= 0.3 is 12.3 Å². The smallest absolute Gasteiger partial charge is 0.408 e. The largest absolute Gasteiger partial charge is 0.420 e. The Labute approximate surface area is 224 Å². The summed E-state index contributed by atoms with van der Waals surface area (Å²) in [4.78, 5) is 26.9. The number of rotatable bonds is 7. The van der Waals surface area contributed by atoms with Crippen molar-refractivity contribution in [2.24, 2.45) is 0 Å². The second-order valence-corrected chi connectivity index (χ2v) is 9.43. The van der Waals surface area contributed by atoms with Crippen LogP contribution in [0.5, 0.6) is 5.75 Å². The van der Waals surface area contributed by atoms with Gasteiger partial charge < -0.3 is 19.9 Å². The average Bonchev–Trinajstić information content (AvgIpc) is 2.89. The number of halogens is 4. The minimum Gasteiger partial charge on any atom is -0.408 e. The van der Waals surface area contributed by atoms with Crippen LogP contribution in [0.25, 0.3) is 0 Å². The Morgan fingerprint density at radius 2 is 1.82 bits per heavy atom. The van der Waals surface area contributed by atoms with Crippen LogP contribution in [0.15, 0.2) is 54.7 Å². The number of ether oxygens (including phenoxy) is 1. The number of amides is 1. The molecule has 1 aromatic heterocycles. The number of alkyl halides is 3. The second-order valence-electron chi connectivity index (χ2n) is 9.03. The molecule has 1 fully saturated rings. The zero-order valence-corrected chi connectivity index (χ0v) is 21.8. The van der Waals surface area contributed by atoms with Gasteiger partial charge in [0.05, 0.1) is 10.6 Å². The summed E-state index contributed by atoms with van der Waals surface area (Å²) in [7, 11) is 3.52. The van der Waals surface area contributed by atoms with Crippen LogP contribution in [0.3, 0.4) is 0 Å². The monoisotopic (exact) mass is 548 g/mol. The van der Waals surface area contributed by atoms with E-state index >= 15 is 0 Å². The van der Waals surface area contributed by atoms with Gasteiger partial charge in [-0.1, -0.05) is 23.7 Å². The van der Waals surface area contributed by atoms with Gasteiger partial charge in [-0.25, -0.2) is 9.78 Å². The highest BCUT2D eigenvalue weighted by Crippen LogP contribution is 2.35. The fourth-order valence-electron chi connectivity index (χ4n) is 3.85. The number of aromatic nitrogens is 2. The topological polar surface area (TPSA) is 73.8 Å². The first kappa shape index (κ1) is 27.6. The third-order valence-corrected chi connectivity index (χ3v) is 6.55. The molecule has 0 spiro atoms. The highest BCUT2D eigenvalue weighted by molar-refractivity contribution is 6.32. The molecule has 202 valence electrons. The zero-order chi connectivity index (χ0) is 27.3. The molecule has 1 amide bonds. The van der Waals surface area contributed by atoms with Gasteiger partial charge in [-0.05, 0) is 55.4 Å². The summed E-state index contributed by atoms with van der Waals surface area (Å²) in [5, 5.41) is 2.97. The molecule has 2 heterocycles. The normalized spacial score (nSPS) is 14.8. The predicted molar refractivity (Wildman–Crippen MR) is 140 cm³/mol. The van der Waals surface area contributed by atoms with Gasteiger partial charge in [-0.3, -0.25) is 4.90 Å². The number of benzene rings is 2. The molecule has 0 aliphatic carbocycles. The Bertz CT molecular complexity index is 1250. The number of carbonyl (C=O) groups excluding carboxylic acids is 1. The lowest BCUT2D eigenvalue weighted by atomic mass is 10.1. The number of carbonyl (C=O) groups is 1. The van der Waals surface area contributed by atoms with Crippen molar-refractivity contribution in [2.45, 2.75) is 12.6 Å². The Kier molecular flexibility index (Phi) is 8.70. The zero-order valence-electron chi connectivity index (χ0n) is 21.0. The van der Waals surface area contributed by atoms with E-state index in [0.717, 1.165) is 61.9 Å². The summed E-state index contributed by atoms with van der Waals surface area (Å²) in [6.07, 6.45) is -3.15. The molecule has 2 aromatic carbocycles. The molecule has 3 aromatic rings. The van der Waals surface area contributed by atoms with E-state index in [1.165, 1.54) is 24.9 Å². The molecule has 1 aliphatic heterocycles. The SMILES string of the molecule is CN1CCN(CCc2ccc(Nc3nccc(N(C)C(=O)Oc4cc(C(F)(F)F)ccc4Cl)n3)cc2)CC1. The molecule has 1 saturated heterocycles. The molecule has 38 heavy (non-hydrogen) atoms. The van der Waals surface area contributed by atoms with Gasteiger partial charge in [0.2, 0.25) is 5.95 Å². The average molecular weight is 549 g/mol. The lowest BCUT2D eigenvalue weighted by Gasteiger charge is -2.32. The Morgan fingerprint density at radius 3 is 2.50 bits per heavy atom. The number of nitrogens with one attached hydrogen (secondary N) is 1. The fourth-order valence-corrected chi connectivity index (χ4v) is 4.01. The van der Waals surface area contributed by atoms with Crippen molar-refractivity contribution in [3.05, 3.63) is 70.9 Å². The molecule has 0 saturated carbocycles. The number of nitrogens with zero attached hydrogens (tertiary/aromatic N) is 5. The van der Waals surface area contributed by atoms with Crippen molar-refractivity contribution in [2.75, 3.05) is 57.0 Å². The molecule has 0 radical (unpaired) electrons. The maximum atomic E-state index is 13.0. The summed E-state index contributed by atoms with van der Waals surface area (Å²) >= 11 is 5.93. The molecule has 1 aliphatic rings. The van der Waals surface area contributed by atoms with Gasteiger partial charge in [0.25, 0.3) is 0 Å². The summed E-state index contributed by atoms with van der Waals surface area (Å²) in [6.45, 7) is 5.36. The van der Waals surface area contributed by atoms with Crippen LogP contribution in [-0.4, -0.2) is 72.7 Å². The lowest BCUT2D eigenvalue weighted by molar-refractivity contribution is -0.137. The van der Waals surface area contributed by atoms with Crippen LogP contribution < -0.4 is 15.0 Å². The van der Waals surface area contributed by atoms with Crippen LogP contribution in [0, 0.1) is 0 Å². The minimum absolute atomic E-state index is 0.128. The molecule has 12 heteroatoms. The van der Waals surface area contributed by atoms with Gasteiger partial charge in [-0.15, -0.1) is 0 Å². The molecule has 4 rings (SSSR count). The minimum atomic E-state index is -4.60. The van der Waals surface area contributed by atoms with E-state index in [2.05, 4.69) is 32.1 Å². The number of hydrogen-bond donors (Lipinski definition) is 1. The Balaban J connectivity index is 1.35. The van der Waals surface area contributed by atoms with Gasteiger partial charge in [0, 0.05) is 51.7 Å². The van der Waals surface area contributed by atoms with Gasteiger partial charge in [0.15, 0.2) is 5.75 Å². The molecular weight excluding hydrogens is 521 g/mol. The second kappa shape index (κ2) is 12.0. The molecule has 0 bridgehead atoms. The van der Waals surface area contributed by atoms with E-state index in [0.29, 0.717) is 6.07 Å². The third-order valence-electron chi connectivity index (χ3n) is 6.24. The Morgan fingerprint density at radius 1 is 1.11 bits per heavy atom. The molecule has 1 N–H and O–H groups in total. The predicted octanol–water partition coefficient (Wildman–Crippen LogP) is 5.32. The van der Waals surface area contributed by atoms with Crippen LogP contribution >= 0.6 is 11.6 Å². The molecule has 8 nitrogen and oxygen atoms in total. The number of likely N-dealkylation sites (N-methyl/N-ethyl adjacent to an activating group) is 1. The first-order valence-electron chi connectivity index (χ1n) is 12.0. The van der Waals surface area contributed by atoms with Crippen LogP contribution in [0.4, 0.5) is 35.4 Å². The van der Waals surface area contributed by atoms with Crippen molar-refractivity contribution >= 4 is 35.1 Å². The van der Waals surface area contributed by atoms with Crippen molar-refractivity contribution in [1.29, 1.82) is 0 Å². The van der Waals surface area contributed by atoms with Gasteiger partial charge in [0.1, 0.15) is 5.82 Å². The van der Waals surface area contributed by atoms with E-state index in [1.54, 1.807) is 0 Å². The quantitative estimate of drug-likeness (QED) is 0.428. The lowest BCUT2D eigenvalue weighted by Crippen LogP contribution is -2.45. The third kappa shape index (κ3) is 7.33. The van der Waals surface area contributed by atoms with Gasteiger partial charge in [-0.2, -0.15) is 18.2 Å². The van der Waals surface area contributed by atoms with E-state index in [-0.39, 0.29) is 16.8 Å². The first-order chi connectivity index (χ1) is 18.1.